The van der Waals surface area contributed by atoms with Crippen LogP contribution >= 0.6 is 0 Å². The number of pyridine rings is 1. The minimum absolute atomic E-state index is 0.0352. The fourth-order valence-corrected chi connectivity index (χ4v) is 3.65. The number of sulfonamides is 1. The summed E-state index contributed by atoms with van der Waals surface area (Å²) in [4.78, 5) is 3.98. The summed E-state index contributed by atoms with van der Waals surface area (Å²) < 4.78 is 22.5. The van der Waals surface area contributed by atoms with E-state index in [4.69, 9.17) is 5.14 Å². The van der Waals surface area contributed by atoms with Crippen LogP contribution in [-0.4, -0.2) is 19.1 Å². The SMILES string of the molecule is C/C(=N\Nc1ccc(S(N)(=O)=O)cn1)c1ccc2c(c1)Cc1ccccc1-2. The molecule has 0 saturated heterocycles. The van der Waals surface area contributed by atoms with E-state index in [-0.39, 0.29) is 4.90 Å². The fourth-order valence-electron chi connectivity index (χ4n) is 3.19. The van der Waals surface area contributed by atoms with Gasteiger partial charge in [-0.3, -0.25) is 5.43 Å². The second-order valence-corrected chi connectivity index (χ2v) is 8.00. The number of hydrazone groups is 1. The molecule has 1 aromatic heterocycles. The monoisotopic (exact) mass is 378 g/mol. The van der Waals surface area contributed by atoms with Gasteiger partial charge >= 0.3 is 0 Å². The first-order valence-corrected chi connectivity index (χ1v) is 9.97. The number of nitrogens with zero attached hydrogens (tertiary/aromatic N) is 2. The minimum Gasteiger partial charge on any atom is -0.261 e. The Morgan fingerprint density at radius 3 is 2.59 bits per heavy atom. The summed E-state index contributed by atoms with van der Waals surface area (Å²) >= 11 is 0. The smallest absolute Gasteiger partial charge is 0.239 e. The number of nitrogens with one attached hydrogen (secondary N) is 1. The summed E-state index contributed by atoms with van der Waals surface area (Å²) in [5.74, 6) is 0.440. The molecule has 0 amide bonds. The molecule has 136 valence electrons. The zero-order chi connectivity index (χ0) is 19.0. The van der Waals surface area contributed by atoms with Gasteiger partial charge in [-0.2, -0.15) is 5.10 Å². The van der Waals surface area contributed by atoms with Crippen LogP contribution in [0, 0.1) is 0 Å². The van der Waals surface area contributed by atoms with Gasteiger partial charge in [0, 0.05) is 6.20 Å². The largest absolute Gasteiger partial charge is 0.261 e. The lowest BCUT2D eigenvalue weighted by atomic mass is 10.0. The highest BCUT2D eigenvalue weighted by atomic mass is 32.2. The summed E-state index contributed by atoms with van der Waals surface area (Å²) in [6.45, 7) is 1.91. The molecule has 1 aliphatic carbocycles. The third-order valence-electron chi connectivity index (χ3n) is 4.61. The highest BCUT2D eigenvalue weighted by Crippen LogP contribution is 2.36. The maximum absolute atomic E-state index is 11.3. The van der Waals surface area contributed by atoms with Crippen molar-refractivity contribution in [2.75, 3.05) is 5.43 Å². The molecule has 0 saturated carbocycles. The molecule has 6 nitrogen and oxygen atoms in total. The molecule has 27 heavy (non-hydrogen) atoms. The van der Waals surface area contributed by atoms with Crippen LogP contribution in [0.3, 0.4) is 0 Å². The topological polar surface area (TPSA) is 97.4 Å². The van der Waals surface area contributed by atoms with Crippen LogP contribution in [0.5, 0.6) is 0 Å². The van der Waals surface area contributed by atoms with Crippen LogP contribution in [0.1, 0.15) is 23.6 Å². The maximum atomic E-state index is 11.3. The number of aromatic nitrogens is 1. The fraction of sp³-hybridized carbons (Fsp3) is 0.100. The molecular formula is C20H18N4O2S. The van der Waals surface area contributed by atoms with Gasteiger partial charge in [-0.15, -0.1) is 0 Å². The van der Waals surface area contributed by atoms with Crippen molar-refractivity contribution in [3.8, 4) is 11.1 Å². The van der Waals surface area contributed by atoms with Gasteiger partial charge in [-0.05, 0) is 59.4 Å². The Kier molecular flexibility index (Phi) is 4.25. The van der Waals surface area contributed by atoms with Crippen LogP contribution in [0.15, 0.2) is 70.8 Å². The van der Waals surface area contributed by atoms with E-state index >= 15 is 0 Å². The van der Waals surface area contributed by atoms with Crippen molar-refractivity contribution in [1.29, 1.82) is 0 Å². The van der Waals surface area contributed by atoms with E-state index in [2.05, 4.69) is 58.0 Å². The summed E-state index contributed by atoms with van der Waals surface area (Å²) in [5.41, 5.74) is 9.89. The van der Waals surface area contributed by atoms with E-state index in [1.54, 1.807) is 0 Å². The molecule has 2 aromatic carbocycles. The summed E-state index contributed by atoms with van der Waals surface area (Å²) in [6.07, 6.45) is 2.13. The van der Waals surface area contributed by atoms with Gasteiger partial charge in [-0.1, -0.05) is 36.4 Å². The van der Waals surface area contributed by atoms with Crippen LogP contribution in [-0.2, 0) is 16.4 Å². The second-order valence-electron chi connectivity index (χ2n) is 6.44. The first kappa shape index (κ1) is 17.4. The predicted octanol–water partition coefficient (Wildman–Crippen LogP) is 3.14. The second kappa shape index (κ2) is 6.61. The number of fused-ring (bicyclic) bond motifs is 3. The zero-order valence-electron chi connectivity index (χ0n) is 14.7. The van der Waals surface area contributed by atoms with E-state index in [1.165, 1.54) is 40.6 Å². The summed E-state index contributed by atoms with van der Waals surface area (Å²) in [6, 6.07) is 17.7. The molecule has 0 aliphatic heterocycles. The third kappa shape index (κ3) is 3.47. The minimum atomic E-state index is -3.75. The van der Waals surface area contributed by atoms with Crippen LogP contribution in [0.25, 0.3) is 11.1 Å². The highest BCUT2D eigenvalue weighted by Gasteiger charge is 2.18. The lowest BCUT2D eigenvalue weighted by molar-refractivity contribution is 0.597. The highest BCUT2D eigenvalue weighted by molar-refractivity contribution is 7.89. The Hall–Kier alpha value is -3.03. The van der Waals surface area contributed by atoms with E-state index in [0.29, 0.717) is 5.82 Å². The number of nitrogens with two attached hydrogens (primary N) is 1. The van der Waals surface area contributed by atoms with Crippen molar-refractivity contribution in [3.63, 3.8) is 0 Å². The number of rotatable bonds is 4. The number of hydrogen-bond acceptors (Lipinski definition) is 5. The first-order valence-electron chi connectivity index (χ1n) is 8.42. The Bertz CT molecular complexity index is 1150. The molecule has 0 radical (unpaired) electrons. The molecule has 0 unspecified atom stereocenters. The van der Waals surface area contributed by atoms with Crippen molar-refractivity contribution in [2.24, 2.45) is 10.2 Å². The molecule has 0 atom stereocenters. The summed E-state index contributed by atoms with van der Waals surface area (Å²) in [7, 11) is -3.75. The van der Waals surface area contributed by atoms with Crippen molar-refractivity contribution < 1.29 is 8.42 Å². The normalized spacial score (nSPS) is 13.2. The molecule has 0 spiro atoms. The zero-order valence-corrected chi connectivity index (χ0v) is 15.5. The van der Waals surface area contributed by atoms with Crippen molar-refractivity contribution in [3.05, 3.63) is 77.5 Å². The van der Waals surface area contributed by atoms with Crippen molar-refractivity contribution in [1.82, 2.24) is 4.98 Å². The van der Waals surface area contributed by atoms with Gasteiger partial charge < -0.3 is 0 Å². The Morgan fingerprint density at radius 2 is 1.85 bits per heavy atom. The maximum Gasteiger partial charge on any atom is 0.239 e. The van der Waals surface area contributed by atoms with Gasteiger partial charge in [0.25, 0.3) is 0 Å². The van der Waals surface area contributed by atoms with Gasteiger partial charge in [0.15, 0.2) is 0 Å². The molecule has 4 rings (SSSR count). The van der Waals surface area contributed by atoms with Crippen LogP contribution in [0.4, 0.5) is 5.82 Å². The number of hydrogen-bond donors (Lipinski definition) is 2. The van der Waals surface area contributed by atoms with E-state index in [1.807, 2.05) is 6.92 Å². The number of benzene rings is 2. The molecule has 3 aromatic rings. The molecule has 1 heterocycles. The Balaban J connectivity index is 1.53. The van der Waals surface area contributed by atoms with E-state index in [9.17, 15) is 8.42 Å². The lowest BCUT2D eigenvalue weighted by Gasteiger charge is -2.06. The van der Waals surface area contributed by atoms with Crippen LogP contribution in [0.2, 0.25) is 0 Å². The molecule has 0 fully saturated rings. The molecule has 3 N–H and O–H groups in total. The van der Waals surface area contributed by atoms with Crippen molar-refractivity contribution >= 4 is 21.6 Å². The molecule has 1 aliphatic rings. The Labute approximate surface area is 157 Å². The van der Waals surface area contributed by atoms with E-state index in [0.717, 1.165) is 17.7 Å². The molecular weight excluding hydrogens is 360 g/mol. The quantitative estimate of drug-likeness (QED) is 0.421. The van der Waals surface area contributed by atoms with Crippen molar-refractivity contribution in [2.45, 2.75) is 18.2 Å². The lowest BCUT2D eigenvalue weighted by Crippen LogP contribution is -2.12. The first-order chi connectivity index (χ1) is 12.9. The average molecular weight is 378 g/mol. The average Bonchev–Trinajstić information content (AvgIpc) is 3.03. The van der Waals surface area contributed by atoms with Gasteiger partial charge in [0.1, 0.15) is 10.7 Å². The molecule has 0 bridgehead atoms. The van der Waals surface area contributed by atoms with E-state index < -0.39 is 10.0 Å². The number of primary sulfonamides is 1. The Morgan fingerprint density at radius 1 is 1.07 bits per heavy atom. The standard InChI is InChI=1S/C20H18N4O2S/c1-13(23-24-20-9-7-17(12-22-20)27(21,25)26)14-6-8-19-16(10-14)11-15-4-2-3-5-18(15)19/h2-10,12H,11H2,1H3,(H,22,24)(H2,21,25,26)/b23-13+. The number of anilines is 1. The van der Waals surface area contributed by atoms with Gasteiger partial charge in [0.2, 0.25) is 10.0 Å². The third-order valence-corrected chi connectivity index (χ3v) is 5.51. The van der Waals surface area contributed by atoms with Crippen LogP contribution < -0.4 is 10.6 Å². The van der Waals surface area contributed by atoms with Gasteiger partial charge in [0.05, 0.1) is 5.71 Å². The summed E-state index contributed by atoms with van der Waals surface area (Å²) in [5, 5.41) is 9.42. The predicted molar refractivity (Wildman–Crippen MR) is 106 cm³/mol. The molecule has 7 heteroatoms. The van der Waals surface area contributed by atoms with Gasteiger partial charge in [-0.25, -0.2) is 18.5 Å².